The van der Waals surface area contributed by atoms with Gasteiger partial charge in [0.15, 0.2) is 5.13 Å². The molecule has 5 heteroatoms. The summed E-state index contributed by atoms with van der Waals surface area (Å²) in [5.41, 5.74) is -1.00. The van der Waals surface area contributed by atoms with Crippen LogP contribution in [-0.2, 0) is 0 Å². The fourth-order valence-corrected chi connectivity index (χ4v) is 2.86. The summed E-state index contributed by atoms with van der Waals surface area (Å²) in [6.07, 6.45) is 5.13. The lowest BCUT2D eigenvalue weighted by molar-refractivity contribution is 0.190. The van der Waals surface area contributed by atoms with Crippen LogP contribution in [0.1, 0.15) is 25.7 Å². The molecule has 0 atom stereocenters. The number of nitrogens with one attached hydrogen (secondary N) is 1. The summed E-state index contributed by atoms with van der Waals surface area (Å²) in [4.78, 5) is 4.10. The summed E-state index contributed by atoms with van der Waals surface area (Å²) in [7, 11) is 0. The van der Waals surface area contributed by atoms with Crippen LogP contribution >= 0.6 is 27.3 Å². The summed E-state index contributed by atoms with van der Waals surface area (Å²) < 4.78 is 14.9. The molecule has 14 heavy (non-hydrogen) atoms. The molecule has 1 N–H and O–H groups in total. The summed E-state index contributed by atoms with van der Waals surface area (Å²) >= 11 is 4.82. The molecule has 2 nitrogen and oxygen atoms in total. The smallest absolute Gasteiger partial charge is 0.183 e. The molecule has 0 saturated heterocycles. The molecular formula is C9H12BrFN2S. The number of thiazole rings is 1. The number of hydrogen-bond acceptors (Lipinski definition) is 3. The number of hydrogen-bond donors (Lipinski definition) is 1. The van der Waals surface area contributed by atoms with Crippen LogP contribution in [0.25, 0.3) is 0 Å². The van der Waals surface area contributed by atoms with Crippen molar-refractivity contribution in [1.29, 1.82) is 0 Å². The van der Waals surface area contributed by atoms with Crippen molar-refractivity contribution in [3.63, 3.8) is 0 Å². The lowest BCUT2D eigenvalue weighted by Gasteiger charge is -2.18. The first-order valence-corrected chi connectivity index (χ1v) is 6.33. The van der Waals surface area contributed by atoms with E-state index < -0.39 is 5.67 Å². The Bertz CT molecular complexity index is 310. The van der Waals surface area contributed by atoms with Gasteiger partial charge in [0.2, 0.25) is 0 Å². The number of rotatable bonds is 3. The van der Waals surface area contributed by atoms with E-state index in [0.717, 1.165) is 21.8 Å². The van der Waals surface area contributed by atoms with E-state index in [-0.39, 0.29) is 0 Å². The summed E-state index contributed by atoms with van der Waals surface area (Å²) in [5, 5.41) is 3.84. The van der Waals surface area contributed by atoms with Crippen LogP contribution in [0.2, 0.25) is 0 Å². The minimum atomic E-state index is -1.00. The van der Waals surface area contributed by atoms with Crippen LogP contribution in [0.5, 0.6) is 0 Å². The van der Waals surface area contributed by atoms with Gasteiger partial charge >= 0.3 is 0 Å². The van der Waals surface area contributed by atoms with Gasteiger partial charge < -0.3 is 5.32 Å². The van der Waals surface area contributed by atoms with Crippen molar-refractivity contribution < 1.29 is 4.39 Å². The highest BCUT2D eigenvalue weighted by atomic mass is 79.9. The Morgan fingerprint density at radius 2 is 2.29 bits per heavy atom. The van der Waals surface area contributed by atoms with Gasteiger partial charge in [0, 0.05) is 0 Å². The topological polar surface area (TPSA) is 24.9 Å². The van der Waals surface area contributed by atoms with E-state index in [1.165, 1.54) is 11.3 Å². The number of halogens is 2. The third-order valence-corrected chi connectivity index (χ3v) is 3.97. The quantitative estimate of drug-likeness (QED) is 0.914. The molecule has 1 aromatic rings. The molecule has 0 aromatic carbocycles. The van der Waals surface area contributed by atoms with Crippen molar-refractivity contribution in [2.75, 3.05) is 11.9 Å². The van der Waals surface area contributed by atoms with Crippen molar-refractivity contribution in [1.82, 2.24) is 4.98 Å². The van der Waals surface area contributed by atoms with Crippen molar-refractivity contribution in [3.8, 4) is 0 Å². The van der Waals surface area contributed by atoms with Crippen LogP contribution < -0.4 is 5.32 Å². The van der Waals surface area contributed by atoms with Crippen molar-refractivity contribution in [2.24, 2.45) is 0 Å². The van der Waals surface area contributed by atoms with E-state index in [4.69, 9.17) is 0 Å². The van der Waals surface area contributed by atoms with Crippen molar-refractivity contribution in [3.05, 3.63) is 9.98 Å². The molecule has 1 fully saturated rings. The minimum absolute atomic E-state index is 0.396. The van der Waals surface area contributed by atoms with E-state index >= 15 is 0 Å². The second-order valence-corrected chi connectivity index (χ2v) is 6.09. The minimum Gasteiger partial charge on any atom is -0.358 e. The zero-order chi connectivity index (χ0) is 10.0. The first-order chi connectivity index (χ1) is 6.68. The normalized spacial score (nSPS) is 19.9. The van der Waals surface area contributed by atoms with Gasteiger partial charge in [0.1, 0.15) is 5.67 Å². The Morgan fingerprint density at radius 3 is 2.86 bits per heavy atom. The van der Waals surface area contributed by atoms with Gasteiger partial charge in [-0.05, 0) is 28.8 Å². The highest BCUT2D eigenvalue weighted by molar-refractivity contribution is 9.11. The Kier molecular flexibility index (Phi) is 3.07. The van der Waals surface area contributed by atoms with E-state index in [9.17, 15) is 4.39 Å². The Hall–Kier alpha value is -0.160. The van der Waals surface area contributed by atoms with E-state index in [2.05, 4.69) is 26.2 Å². The number of nitrogens with zero attached hydrogens (tertiary/aromatic N) is 1. The zero-order valence-corrected chi connectivity index (χ0v) is 10.1. The van der Waals surface area contributed by atoms with Crippen molar-refractivity contribution in [2.45, 2.75) is 31.4 Å². The average molecular weight is 279 g/mol. The summed E-state index contributed by atoms with van der Waals surface area (Å²) in [6, 6.07) is 0. The SMILES string of the molecule is FC1(CNc2ncc(Br)s2)CCCC1. The first-order valence-electron chi connectivity index (χ1n) is 4.72. The maximum atomic E-state index is 13.9. The number of anilines is 1. The second kappa shape index (κ2) is 4.14. The van der Waals surface area contributed by atoms with Crippen LogP contribution in [0, 0.1) is 0 Å². The molecule has 1 aliphatic rings. The molecule has 0 unspecified atom stereocenters. The maximum absolute atomic E-state index is 13.9. The molecule has 1 aliphatic carbocycles. The van der Waals surface area contributed by atoms with Gasteiger partial charge in [-0.25, -0.2) is 9.37 Å². The van der Waals surface area contributed by atoms with Crippen LogP contribution in [0.4, 0.5) is 9.52 Å². The Labute approximate surface area is 95.1 Å². The van der Waals surface area contributed by atoms with Gasteiger partial charge in [0.25, 0.3) is 0 Å². The zero-order valence-electron chi connectivity index (χ0n) is 7.72. The molecular weight excluding hydrogens is 267 g/mol. The molecule has 78 valence electrons. The van der Waals surface area contributed by atoms with Crippen molar-refractivity contribution >= 4 is 32.4 Å². The monoisotopic (exact) mass is 278 g/mol. The molecule has 0 amide bonds. The highest BCUT2D eigenvalue weighted by Crippen LogP contribution is 2.34. The van der Waals surface area contributed by atoms with E-state index in [0.29, 0.717) is 19.4 Å². The first kappa shape index (κ1) is 10.4. The molecule has 1 heterocycles. The molecule has 1 saturated carbocycles. The van der Waals surface area contributed by atoms with Crippen LogP contribution in [0.3, 0.4) is 0 Å². The molecule has 0 radical (unpaired) electrons. The molecule has 0 aliphatic heterocycles. The largest absolute Gasteiger partial charge is 0.358 e. The second-order valence-electron chi connectivity index (χ2n) is 3.68. The number of aromatic nitrogens is 1. The summed E-state index contributed by atoms with van der Waals surface area (Å²) in [6.45, 7) is 0.396. The predicted octanol–water partition coefficient (Wildman–Crippen LogP) is 3.60. The third-order valence-electron chi connectivity index (χ3n) is 2.53. The highest BCUT2D eigenvalue weighted by Gasteiger charge is 2.33. The van der Waals surface area contributed by atoms with Gasteiger partial charge in [0.05, 0.1) is 16.5 Å². The number of alkyl halides is 1. The standard InChI is InChI=1S/C9H12BrFN2S/c10-7-5-12-8(14-7)13-6-9(11)3-1-2-4-9/h5H,1-4,6H2,(H,12,13). The van der Waals surface area contributed by atoms with E-state index in [1.807, 2.05) is 0 Å². The van der Waals surface area contributed by atoms with Gasteiger partial charge in [-0.2, -0.15) is 0 Å². The Morgan fingerprint density at radius 1 is 1.57 bits per heavy atom. The lowest BCUT2D eigenvalue weighted by atomic mass is 10.1. The third kappa shape index (κ3) is 2.45. The fourth-order valence-electron chi connectivity index (χ4n) is 1.76. The summed E-state index contributed by atoms with van der Waals surface area (Å²) in [5.74, 6) is 0. The lowest BCUT2D eigenvalue weighted by Crippen LogP contribution is -2.28. The van der Waals surface area contributed by atoms with Crippen LogP contribution in [0.15, 0.2) is 9.98 Å². The average Bonchev–Trinajstić information content (AvgIpc) is 2.73. The predicted molar refractivity (Wildman–Crippen MR) is 60.6 cm³/mol. The molecule has 0 spiro atoms. The maximum Gasteiger partial charge on any atom is 0.183 e. The molecule has 1 aromatic heterocycles. The molecule has 2 rings (SSSR count). The van der Waals surface area contributed by atoms with Crippen LogP contribution in [-0.4, -0.2) is 17.2 Å². The van der Waals surface area contributed by atoms with Gasteiger partial charge in [-0.15, -0.1) is 0 Å². The van der Waals surface area contributed by atoms with E-state index in [1.54, 1.807) is 6.20 Å². The Balaban J connectivity index is 1.87. The fraction of sp³-hybridized carbons (Fsp3) is 0.667. The molecule has 0 bridgehead atoms. The van der Waals surface area contributed by atoms with Gasteiger partial charge in [-0.1, -0.05) is 24.2 Å². The van der Waals surface area contributed by atoms with Gasteiger partial charge in [-0.3, -0.25) is 0 Å².